The lowest BCUT2D eigenvalue weighted by Crippen LogP contribution is -2.33. The van der Waals surface area contributed by atoms with Crippen LogP contribution in [0.2, 0.25) is 5.02 Å². The highest BCUT2D eigenvalue weighted by atomic mass is 35.5. The van der Waals surface area contributed by atoms with Crippen molar-refractivity contribution in [2.75, 3.05) is 26.1 Å². The van der Waals surface area contributed by atoms with E-state index < -0.39 is 28.6 Å². The lowest BCUT2D eigenvalue weighted by Gasteiger charge is -2.16. The fourth-order valence-electron chi connectivity index (χ4n) is 2.90. The number of carbonyl (C=O) groups is 1. The first kappa shape index (κ1) is 24.0. The van der Waals surface area contributed by atoms with E-state index in [0.29, 0.717) is 26.9 Å². The number of hydrogen-bond donors (Lipinski definition) is 3. The van der Waals surface area contributed by atoms with Gasteiger partial charge in [0, 0.05) is 27.2 Å². The lowest BCUT2D eigenvalue weighted by atomic mass is 10.1. The molecule has 3 rings (SSSR count). The number of aliphatic hydroxyl groups is 1. The number of thiophene rings is 1. The molecular weight excluding hydrogens is 476 g/mol. The van der Waals surface area contributed by atoms with Crippen molar-refractivity contribution in [1.82, 2.24) is 4.72 Å². The Morgan fingerprint density at radius 3 is 2.53 bits per heavy atom. The number of anilines is 1. The second kappa shape index (κ2) is 10.3. The Kier molecular flexibility index (Phi) is 7.75. The molecule has 11 heteroatoms. The summed E-state index contributed by atoms with van der Waals surface area (Å²) in [6, 6.07) is 12.3. The van der Waals surface area contributed by atoms with E-state index in [9.17, 15) is 18.3 Å². The van der Waals surface area contributed by atoms with Gasteiger partial charge >= 0.3 is 0 Å². The summed E-state index contributed by atoms with van der Waals surface area (Å²) in [5, 5.41) is 15.5. The number of sulfonamides is 1. The van der Waals surface area contributed by atoms with Crippen molar-refractivity contribution in [2.24, 2.45) is 0 Å². The van der Waals surface area contributed by atoms with E-state index in [0.717, 1.165) is 0 Å². The highest BCUT2D eigenvalue weighted by Crippen LogP contribution is 2.33. The standard InChI is InChI=1S/C21H21ClN2O6S2/c1-29-17-8-6-14(11-18(17)30-2)32(27,28)23-12-20(25)24-16-7-5-13(22)10-15(16)21(26)19-4-3-9-31-19/h3-11,21,23,26H,12H2,1-2H3,(H,24,25). The summed E-state index contributed by atoms with van der Waals surface area (Å²) in [6.45, 7) is -0.520. The minimum atomic E-state index is -3.99. The van der Waals surface area contributed by atoms with Crippen LogP contribution >= 0.6 is 22.9 Å². The summed E-state index contributed by atoms with van der Waals surface area (Å²) in [7, 11) is -1.16. The van der Waals surface area contributed by atoms with Gasteiger partial charge in [-0.25, -0.2) is 13.1 Å². The molecule has 1 aromatic heterocycles. The van der Waals surface area contributed by atoms with Gasteiger partial charge in [0.1, 0.15) is 6.10 Å². The molecule has 0 spiro atoms. The van der Waals surface area contributed by atoms with E-state index in [1.165, 1.54) is 43.8 Å². The molecule has 0 saturated carbocycles. The van der Waals surface area contributed by atoms with Crippen molar-refractivity contribution in [3.8, 4) is 11.5 Å². The van der Waals surface area contributed by atoms with Crippen LogP contribution in [0.4, 0.5) is 5.69 Å². The Bertz CT molecular complexity index is 1200. The summed E-state index contributed by atoms with van der Waals surface area (Å²) < 4.78 is 37.6. The summed E-state index contributed by atoms with van der Waals surface area (Å²) >= 11 is 7.42. The number of halogens is 1. The molecule has 32 heavy (non-hydrogen) atoms. The third kappa shape index (κ3) is 5.59. The minimum absolute atomic E-state index is 0.0803. The third-order valence-corrected chi connectivity index (χ3v) is 7.04. The van der Waals surface area contributed by atoms with Crippen molar-refractivity contribution in [3.05, 3.63) is 69.4 Å². The maximum absolute atomic E-state index is 12.6. The molecule has 0 aliphatic rings. The number of aliphatic hydroxyl groups excluding tert-OH is 1. The number of methoxy groups -OCH3 is 2. The quantitative estimate of drug-likeness (QED) is 0.418. The minimum Gasteiger partial charge on any atom is -0.493 e. The molecule has 170 valence electrons. The van der Waals surface area contributed by atoms with Crippen molar-refractivity contribution in [1.29, 1.82) is 0 Å². The highest BCUT2D eigenvalue weighted by Gasteiger charge is 2.20. The molecule has 0 aliphatic carbocycles. The predicted molar refractivity (Wildman–Crippen MR) is 123 cm³/mol. The molecule has 3 N–H and O–H groups in total. The van der Waals surface area contributed by atoms with Gasteiger partial charge in [-0.05, 0) is 41.8 Å². The zero-order valence-electron chi connectivity index (χ0n) is 17.2. The number of carbonyl (C=O) groups excluding carboxylic acids is 1. The summed E-state index contributed by atoms with van der Waals surface area (Å²) in [5.74, 6) is 0.00737. The molecule has 0 saturated heterocycles. The number of ether oxygens (including phenoxy) is 2. The zero-order chi connectivity index (χ0) is 23.3. The molecule has 1 heterocycles. The Labute approximate surface area is 194 Å². The number of hydrogen-bond acceptors (Lipinski definition) is 7. The normalized spacial score (nSPS) is 12.2. The van der Waals surface area contributed by atoms with Crippen LogP contribution in [0.1, 0.15) is 16.5 Å². The first-order chi connectivity index (χ1) is 15.2. The van der Waals surface area contributed by atoms with Crippen molar-refractivity contribution < 1.29 is 27.8 Å². The van der Waals surface area contributed by atoms with Crippen LogP contribution in [-0.2, 0) is 14.8 Å². The molecule has 8 nitrogen and oxygen atoms in total. The molecule has 2 aromatic carbocycles. The van der Waals surface area contributed by atoms with Gasteiger partial charge in [0.15, 0.2) is 11.5 Å². The Hall–Kier alpha value is -2.63. The average Bonchev–Trinajstić information content (AvgIpc) is 3.33. The summed E-state index contributed by atoms with van der Waals surface area (Å²) in [5.41, 5.74) is 0.724. The van der Waals surface area contributed by atoms with Crippen molar-refractivity contribution >= 4 is 44.6 Å². The van der Waals surface area contributed by atoms with Gasteiger partial charge in [-0.1, -0.05) is 17.7 Å². The number of benzene rings is 2. The zero-order valence-corrected chi connectivity index (χ0v) is 19.6. The Morgan fingerprint density at radius 1 is 1.12 bits per heavy atom. The smallest absolute Gasteiger partial charge is 0.241 e. The molecule has 0 radical (unpaired) electrons. The van der Waals surface area contributed by atoms with Crippen LogP contribution in [0.25, 0.3) is 0 Å². The van der Waals surface area contributed by atoms with Crippen molar-refractivity contribution in [3.63, 3.8) is 0 Å². The van der Waals surface area contributed by atoms with Crippen LogP contribution in [0.3, 0.4) is 0 Å². The molecule has 1 atom stereocenters. The second-order valence-electron chi connectivity index (χ2n) is 6.54. The fraction of sp³-hybridized carbons (Fsp3) is 0.190. The van der Waals surface area contributed by atoms with Gasteiger partial charge < -0.3 is 19.9 Å². The van der Waals surface area contributed by atoms with Crippen molar-refractivity contribution in [2.45, 2.75) is 11.0 Å². The molecule has 1 amide bonds. The van der Waals surface area contributed by atoms with E-state index in [1.54, 1.807) is 30.3 Å². The largest absolute Gasteiger partial charge is 0.493 e. The Morgan fingerprint density at radius 2 is 1.88 bits per heavy atom. The SMILES string of the molecule is COc1ccc(S(=O)(=O)NCC(=O)Nc2ccc(Cl)cc2C(O)c2cccs2)cc1OC. The Balaban J connectivity index is 1.73. The maximum Gasteiger partial charge on any atom is 0.241 e. The lowest BCUT2D eigenvalue weighted by molar-refractivity contribution is -0.115. The molecule has 0 aliphatic heterocycles. The van der Waals surface area contributed by atoms with E-state index in [1.807, 2.05) is 5.38 Å². The van der Waals surface area contributed by atoms with Gasteiger partial charge in [-0.3, -0.25) is 4.79 Å². The molecule has 0 fully saturated rings. The van der Waals surface area contributed by atoms with E-state index >= 15 is 0 Å². The van der Waals surface area contributed by atoms with E-state index in [-0.39, 0.29) is 10.6 Å². The molecule has 1 unspecified atom stereocenters. The predicted octanol–water partition coefficient (Wildman–Crippen LogP) is 3.42. The van der Waals surface area contributed by atoms with Gasteiger partial charge in [-0.15, -0.1) is 11.3 Å². The second-order valence-corrected chi connectivity index (χ2v) is 9.72. The van der Waals surface area contributed by atoms with Crippen LogP contribution in [0.15, 0.2) is 58.8 Å². The van der Waals surface area contributed by atoms with Crippen LogP contribution in [0, 0.1) is 0 Å². The summed E-state index contributed by atoms with van der Waals surface area (Å²) in [4.78, 5) is 13.1. The van der Waals surface area contributed by atoms with E-state index in [4.69, 9.17) is 21.1 Å². The van der Waals surface area contributed by atoms with Gasteiger partial charge in [0.25, 0.3) is 0 Å². The van der Waals surface area contributed by atoms with Crippen LogP contribution < -0.4 is 19.5 Å². The summed E-state index contributed by atoms with van der Waals surface area (Å²) in [6.07, 6.45) is -0.993. The maximum atomic E-state index is 12.6. The molecule has 0 bridgehead atoms. The number of amides is 1. The number of nitrogens with one attached hydrogen (secondary N) is 2. The topological polar surface area (TPSA) is 114 Å². The monoisotopic (exact) mass is 496 g/mol. The van der Waals surface area contributed by atoms with Crippen LogP contribution in [0.5, 0.6) is 11.5 Å². The van der Waals surface area contributed by atoms with Crippen LogP contribution in [-0.4, -0.2) is 40.2 Å². The average molecular weight is 497 g/mol. The first-order valence-corrected chi connectivity index (χ1v) is 12.0. The van der Waals surface area contributed by atoms with Gasteiger partial charge in [0.2, 0.25) is 15.9 Å². The fourth-order valence-corrected chi connectivity index (χ4v) is 4.80. The first-order valence-electron chi connectivity index (χ1n) is 9.27. The number of rotatable bonds is 9. The highest BCUT2D eigenvalue weighted by molar-refractivity contribution is 7.89. The third-order valence-electron chi connectivity index (χ3n) is 4.48. The van der Waals surface area contributed by atoms with E-state index in [2.05, 4.69) is 10.0 Å². The van der Waals surface area contributed by atoms with Gasteiger partial charge in [0.05, 0.1) is 25.7 Å². The molecule has 3 aromatic rings. The van der Waals surface area contributed by atoms with Gasteiger partial charge in [-0.2, -0.15) is 0 Å². The molecular formula is C21H21ClN2O6S2.